The summed E-state index contributed by atoms with van der Waals surface area (Å²) in [4.78, 5) is 0. The molecule has 1 rings (SSSR count). The molecule has 0 aliphatic heterocycles. The van der Waals surface area contributed by atoms with Crippen LogP contribution in [0, 0.1) is 5.41 Å². The first kappa shape index (κ1) is 12.3. The predicted molar refractivity (Wildman–Crippen MR) is 67.1 cm³/mol. The van der Waals surface area contributed by atoms with Crippen molar-refractivity contribution in [1.82, 2.24) is 0 Å². The molecule has 0 spiro atoms. The number of benzene rings is 1. The first-order valence-electron chi connectivity index (χ1n) is 5.78. The molecule has 0 aliphatic carbocycles. The lowest BCUT2D eigenvalue weighted by atomic mass is 9.76. The fraction of sp³-hybridized carbons (Fsp3) is 0.571. The summed E-state index contributed by atoms with van der Waals surface area (Å²) in [7, 11) is 0. The maximum atomic E-state index is 5.86. The third-order valence-electron chi connectivity index (χ3n) is 3.07. The van der Waals surface area contributed by atoms with Gasteiger partial charge in [0.1, 0.15) is 0 Å². The van der Waals surface area contributed by atoms with Crippen LogP contribution in [-0.4, -0.2) is 6.54 Å². The molecule has 1 atom stereocenters. The first-order valence-corrected chi connectivity index (χ1v) is 5.78. The van der Waals surface area contributed by atoms with Crippen LogP contribution in [0.15, 0.2) is 24.3 Å². The highest BCUT2D eigenvalue weighted by Gasteiger charge is 2.24. The smallest absolute Gasteiger partial charge is 0.000978 e. The Kier molecular flexibility index (Phi) is 3.92. The SMILES string of the molecule is CCc1ccc(C(CN)C(C)(C)C)cc1. The van der Waals surface area contributed by atoms with Crippen LogP contribution in [0.5, 0.6) is 0 Å². The van der Waals surface area contributed by atoms with Crippen LogP contribution in [-0.2, 0) is 6.42 Å². The van der Waals surface area contributed by atoms with Gasteiger partial charge >= 0.3 is 0 Å². The van der Waals surface area contributed by atoms with Crippen molar-refractivity contribution >= 4 is 0 Å². The van der Waals surface area contributed by atoms with Gasteiger partial charge in [-0.2, -0.15) is 0 Å². The minimum atomic E-state index is 0.239. The van der Waals surface area contributed by atoms with Crippen molar-refractivity contribution in [2.45, 2.75) is 40.0 Å². The summed E-state index contributed by atoms with van der Waals surface area (Å²) < 4.78 is 0. The number of rotatable bonds is 3. The molecule has 1 nitrogen and oxygen atoms in total. The summed E-state index contributed by atoms with van der Waals surface area (Å²) in [6, 6.07) is 8.87. The molecule has 1 heteroatoms. The highest BCUT2D eigenvalue weighted by atomic mass is 14.6. The van der Waals surface area contributed by atoms with Gasteiger partial charge in [-0.25, -0.2) is 0 Å². The molecule has 1 unspecified atom stereocenters. The Balaban J connectivity index is 2.93. The van der Waals surface area contributed by atoms with Crippen molar-refractivity contribution in [2.24, 2.45) is 11.1 Å². The summed E-state index contributed by atoms with van der Waals surface area (Å²) in [6.07, 6.45) is 1.10. The molecule has 15 heavy (non-hydrogen) atoms. The molecule has 84 valence electrons. The van der Waals surface area contributed by atoms with Crippen LogP contribution in [0.2, 0.25) is 0 Å². The van der Waals surface area contributed by atoms with Crippen LogP contribution in [0.25, 0.3) is 0 Å². The Labute approximate surface area is 93.7 Å². The fourth-order valence-electron chi connectivity index (χ4n) is 1.98. The Morgan fingerprint density at radius 1 is 1.13 bits per heavy atom. The molecule has 0 saturated heterocycles. The van der Waals surface area contributed by atoms with Crippen LogP contribution < -0.4 is 5.73 Å². The van der Waals surface area contributed by atoms with E-state index in [-0.39, 0.29) is 5.41 Å². The second-order valence-corrected chi connectivity index (χ2v) is 5.25. The highest BCUT2D eigenvalue weighted by Crippen LogP contribution is 2.34. The first-order chi connectivity index (χ1) is 6.99. The van der Waals surface area contributed by atoms with Gasteiger partial charge in [0.25, 0.3) is 0 Å². The van der Waals surface area contributed by atoms with Gasteiger partial charge in [-0.15, -0.1) is 0 Å². The van der Waals surface area contributed by atoms with E-state index in [4.69, 9.17) is 5.73 Å². The molecule has 0 aromatic heterocycles. The van der Waals surface area contributed by atoms with E-state index < -0.39 is 0 Å². The van der Waals surface area contributed by atoms with E-state index >= 15 is 0 Å². The van der Waals surface area contributed by atoms with Crippen molar-refractivity contribution < 1.29 is 0 Å². The monoisotopic (exact) mass is 205 g/mol. The Morgan fingerprint density at radius 3 is 2.00 bits per heavy atom. The van der Waals surface area contributed by atoms with Gasteiger partial charge < -0.3 is 5.73 Å². The largest absolute Gasteiger partial charge is 0.330 e. The maximum Gasteiger partial charge on any atom is 0.000978 e. The average molecular weight is 205 g/mol. The van der Waals surface area contributed by atoms with Gasteiger partial charge in [-0.05, 0) is 29.5 Å². The molecule has 0 heterocycles. The molecule has 0 amide bonds. The zero-order valence-corrected chi connectivity index (χ0v) is 10.4. The average Bonchev–Trinajstić information content (AvgIpc) is 2.18. The third kappa shape index (κ3) is 3.07. The third-order valence-corrected chi connectivity index (χ3v) is 3.07. The lowest BCUT2D eigenvalue weighted by molar-refractivity contribution is 0.325. The zero-order valence-electron chi connectivity index (χ0n) is 10.4. The van der Waals surface area contributed by atoms with Crippen molar-refractivity contribution in [3.05, 3.63) is 35.4 Å². The minimum Gasteiger partial charge on any atom is -0.330 e. The van der Waals surface area contributed by atoms with Gasteiger partial charge in [-0.3, -0.25) is 0 Å². The molecule has 0 bridgehead atoms. The molecule has 2 N–H and O–H groups in total. The lowest BCUT2D eigenvalue weighted by Crippen LogP contribution is -2.25. The summed E-state index contributed by atoms with van der Waals surface area (Å²) >= 11 is 0. The number of aryl methyl sites for hydroxylation is 1. The molecule has 1 aromatic rings. The molecule has 0 fully saturated rings. The Hall–Kier alpha value is -0.820. The maximum absolute atomic E-state index is 5.86. The number of hydrogen-bond donors (Lipinski definition) is 1. The molecule has 0 saturated carbocycles. The van der Waals surface area contributed by atoms with E-state index in [1.807, 2.05) is 0 Å². The van der Waals surface area contributed by atoms with E-state index in [1.165, 1.54) is 11.1 Å². The molecular weight excluding hydrogens is 182 g/mol. The van der Waals surface area contributed by atoms with Gasteiger partial charge in [0.15, 0.2) is 0 Å². The molecular formula is C14H23N. The van der Waals surface area contributed by atoms with E-state index in [2.05, 4.69) is 52.0 Å². The van der Waals surface area contributed by atoms with Crippen molar-refractivity contribution in [3.63, 3.8) is 0 Å². The normalized spacial score (nSPS) is 13.9. The summed E-state index contributed by atoms with van der Waals surface area (Å²) in [5.41, 5.74) is 8.86. The second kappa shape index (κ2) is 4.80. The van der Waals surface area contributed by atoms with Crippen molar-refractivity contribution in [2.75, 3.05) is 6.54 Å². The van der Waals surface area contributed by atoms with Gasteiger partial charge in [0.2, 0.25) is 0 Å². The van der Waals surface area contributed by atoms with E-state index in [0.717, 1.165) is 13.0 Å². The van der Waals surface area contributed by atoms with Crippen LogP contribution in [0.3, 0.4) is 0 Å². The van der Waals surface area contributed by atoms with E-state index in [0.29, 0.717) is 5.92 Å². The van der Waals surface area contributed by atoms with Gasteiger partial charge in [0, 0.05) is 5.92 Å². The molecule has 0 radical (unpaired) electrons. The van der Waals surface area contributed by atoms with Crippen molar-refractivity contribution in [1.29, 1.82) is 0 Å². The lowest BCUT2D eigenvalue weighted by Gasteiger charge is -2.30. The van der Waals surface area contributed by atoms with Gasteiger partial charge in [0.05, 0.1) is 0 Å². The van der Waals surface area contributed by atoms with Gasteiger partial charge in [-0.1, -0.05) is 52.0 Å². The molecule has 0 aliphatic rings. The van der Waals surface area contributed by atoms with Crippen LogP contribution in [0.4, 0.5) is 0 Å². The second-order valence-electron chi connectivity index (χ2n) is 5.25. The summed E-state index contributed by atoms with van der Waals surface area (Å²) in [6.45, 7) is 9.64. The topological polar surface area (TPSA) is 26.0 Å². The zero-order chi connectivity index (χ0) is 11.5. The van der Waals surface area contributed by atoms with E-state index in [1.54, 1.807) is 0 Å². The highest BCUT2D eigenvalue weighted by molar-refractivity contribution is 5.26. The predicted octanol–water partition coefficient (Wildman–Crippen LogP) is 3.34. The summed E-state index contributed by atoms with van der Waals surface area (Å²) in [5, 5.41) is 0. The van der Waals surface area contributed by atoms with E-state index in [9.17, 15) is 0 Å². The fourth-order valence-corrected chi connectivity index (χ4v) is 1.98. The summed E-state index contributed by atoms with van der Waals surface area (Å²) in [5.74, 6) is 0.448. The standard InChI is InChI=1S/C14H23N/c1-5-11-6-8-12(9-7-11)13(10-15)14(2,3)4/h6-9,13H,5,10,15H2,1-4H3. The van der Waals surface area contributed by atoms with Crippen LogP contribution >= 0.6 is 0 Å². The van der Waals surface area contributed by atoms with Crippen molar-refractivity contribution in [3.8, 4) is 0 Å². The number of hydrogen-bond acceptors (Lipinski definition) is 1. The Bertz CT molecular complexity index is 292. The molecule has 1 aromatic carbocycles. The van der Waals surface area contributed by atoms with Crippen LogP contribution in [0.1, 0.15) is 44.7 Å². The quantitative estimate of drug-likeness (QED) is 0.804. The minimum absolute atomic E-state index is 0.239. The number of nitrogens with two attached hydrogens (primary N) is 1. The Morgan fingerprint density at radius 2 is 1.67 bits per heavy atom.